The second-order valence-corrected chi connectivity index (χ2v) is 4.44. The molecule has 0 aromatic carbocycles. The molecular weight excluding hydrogens is 206 g/mol. The Balaban J connectivity index is 4.71. The molecule has 1 atom stereocenters. The molecule has 0 saturated heterocycles. The highest BCUT2D eigenvalue weighted by molar-refractivity contribution is 5.77. The van der Waals surface area contributed by atoms with Crippen molar-refractivity contribution in [3.63, 3.8) is 0 Å². The Morgan fingerprint density at radius 2 is 1.94 bits per heavy atom. The Kier molecular flexibility index (Phi) is 7.34. The maximum atomic E-state index is 12.0. The van der Waals surface area contributed by atoms with Gasteiger partial charge in [0.1, 0.15) is 5.41 Å². The van der Waals surface area contributed by atoms with Crippen LogP contribution in [0, 0.1) is 11.3 Å². The Morgan fingerprint density at radius 1 is 1.31 bits per heavy atom. The summed E-state index contributed by atoms with van der Waals surface area (Å²) in [5.41, 5.74) is 5.07. The second kappa shape index (κ2) is 7.63. The minimum Gasteiger partial charge on any atom is -0.465 e. The van der Waals surface area contributed by atoms with E-state index in [4.69, 9.17) is 15.2 Å². The molecule has 1 unspecified atom stereocenters. The molecule has 0 fully saturated rings. The van der Waals surface area contributed by atoms with Gasteiger partial charge in [-0.15, -0.1) is 0 Å². The molecule has 0 aliphatic rings. The molecule has 0 aliphatic carbocycles. The lowest BCUT2D eigenvalue weighted by Crippen LogP contribution is -2.45. The SMILES string of the molecule is CCOCC(CN)(CC(C)C)C(=O)OCC. The van der Waals surface area contributed by atoms with E-state index in [1.54, 1.807) is 6.92 Å². The first kappa shape index (κ1) is 15.4. The predicted octanol–water partition coefficient (Wildman–Crippen LogP) is 1.58. The standard InChI is InChI=1S/C12H25NO3/c1-5-15-9-12(8-13,7-10(3)4)11(14)16-6-2/h10H,5-9,13H2,1-4H3. The number of hydrogen-bond acceptors (Lipinski definition) is 4. The van der Waals surface area contributed by atoms with E-state index in [-0.39, 0.29) is 12.5 Å². The van der Waals surface area contributed by atoms with Crippen LogP contribution in [0.2, 0.25) is 0 Å². The molecular formula is C12H25NO3. The summed E-state index contributed by atoms with van der Waals surface area (Å²) in [5, 5.41) is 0. The summed E-state index contributed by atoms with van der Waals surface area (Å²) in [6, 6.07) is 0. The van der Waals surface area contributed by atoms with Crippen molar-refractivity contribution in [3.8, 4) is 0 Å². The van der Waals surface area contributed by atoms with Crippen molar-refractivity contribution < 1.29 is 14.3 Å². The summed E-state index contributed by atoms with van der Waals surface area (Å²) in [4.78, 5) is 12.0. The van der Waals surface area contributed by atoms with Crippen molar-refractivity contribution in [2.75, 3.05) is 26.4 Å². The molecule has 0 radical (unpaired) electrons. The molecule has 4 heteroatoms. The Morgan fingerprint density at radius 3 is 2.31 bits per heavy atom. The van der Waals surface area contributed by atoms with E-state index in [0.717, 1.165) is 0 Å². The highest BCUT2D eigenvalue weighted by Crippen LogP contribution is 2.28. The minimum absolute atomic E-state index is 0.236. The zero-order valence-electron chi connectivity index (χ0n) is 10.9. The van der Waals surface area contributed by atoms with E-state index in [9.17, 15) is 4.79 Å². The average Bonchev–Trinajstić information content (AvgIpc) is 2.24. The van der Waals surface area contributed by atoms with Crippen molar-refractivity contribution in [3.05, 3.63) is 0 Å². The maximum Gasteiger partial charge on any atom is 0.315 e. The van der Waals surface area contributed by atoms with Gasteiger partial charge < -0.3 is 15.2 Å². The molecule has 96 valence electrons. The second-order valence-electron chi connectivity index (χ2n) is 4.44. The largest absolute Gasteiger partial charge is 0.465 e. The van der Waals surface area contributed by atoms with Gasteiger partial charge >= 0.3 is 5.97 Å². The molecule has 0 amide bonds. The number of rotatable bonds is 8. The molecule has 0 bridgehead atoms. The van der Waals surface area contributed by atoms with Crippen LogP contribution >= 0.6 is 0 Å². The molecule has 4 nitrogen and oxygen atoms in total. The zero-order valence-corrected chi connectivity index (χ0v) is 10.9. The number of ether oxygens (including phenoxy) is 2. The lowest BCUT2D eigenvalue weighted by Gasteiger charge is -2.31. The van der Waals surface area contributed by atoms with Crippen molar-refractivity contribution in [1.82, 2.24) is 0 Å². The van der Waals surface area contributed by atoms with Crippen LogP contribution in [0.5, 0.6) is 0 Å². The summed E-state index contributed by atoms with van der Waals surface area (Å²) < 4.78 is 10.5. The smallest absolute Gasteiger partial charge is 0.315 e. The third-order valence-corrected chi connectivity index (χ3v) is 2.48. The highest BCUT2D eigenvalue weighted by Gasteiger charge is 2.39. The van der Waals surface area contributed by atoms with E-state index in [2.05, 4.69) is 13.8 Å². The van der Waals surface area contributed by atoms with Crippen molar-refractivity contribution in [2.24, 2.45) is 17.1 Å². The average molecular weight is 231 g/mol. The molecule has 0 saturated carbocycles. The van der Waals surface area contributed by atoms with Crippen LogP contribution in [-0.4, -0.2) is 32.3 Å². The van der Waals surface area contributed by atoms with Gasteiger partial charge in [-0.25, -0.2) is 0 Å². The fourth-order valence-electron chi connectivity index (χ4n) is 1.79. The predicted molar refractivity (Wildman–Crippen MR) is 64.1 cm³/mol. The summed E-state index contributed by atoms with van der Waals surface area (Å²) in [5.74, 6) is 0.146. The van der Waals surface area contributed by atoms with Gasteiger partial charge in [-0.1, -0.05) is 13.8 Å². The van der Waals surface area contributed by atoms with Crippen LogP contribution in [-0.2, 0) is 14.3 Å². The van der Waals surface area contributed by atoms with Crippen LogP contribution in [0.25, 0.3) is 0 Å². The number of hydrogen-bond donors (Lipinski definition) is 1. The quantitative estimate of drug-likeness (QED) is 0.644. The topological polar surface area (TPSA) is 61.5 Å². The number of carbonyl (C=O) groups is 1. The van der Waals surface area contributed by atoms with Crippen LogP contribution in [0.15, 0.2) is 0 Å². The van der Waals surface area contributed by atoms with Crippen molar-refractivity contribution >= 4 is 5.97 Å². The van der Waals surface area contributed by atoms with Gasteiger partial charge in [0.05, 0.1) is 13.2 Å². The van der Waals surface area contributed by atoms with Gasteiger partial charge in [0.15, 0.2) is 0 Å². The molecule has 2 N–H and O–H groups in total. The Labute approximate surface area is 98.5 Å². The molecule has 0 aromatic heterocycles. The highest BCUT2D eigenvalue weighted by atomic mass is 16.5. The van der Waals surface area contributed by atoms with Crippen molar-refractivity contribution in [2.45, 2.75) is 34.1 Å². The molecule has 0 heterocycles. The summed E-state index contributed by atoms with van der Waals surface area (Å²) in [7, 11) is 0. The zero-order chi connectivity index (χ0) is 12.6. The number of carbonyl (C=O) groups excluding carboxylic acids is 1. The molecule has 0 aliphatic heterocycles. The maximum absolute atomic E-state index is 12.0. The molecule has 0 aromatic rings. The minimum atomic E-state index is -0.680. The summed E-state index contributed by atoms with van der Waals surface area (Å²) in [6.07, 6.45) is 0.697. The van der Waals surface area contributed by atoms with Gasteiger partial charge in [-0.05, 0) is 26.2 Å². The van der Waals surface area contributed by atoms with E-state index in [1.807, 2.05) is 6.92 Å². The molecule has 16 heavy (non-hydrogen) atoms. The number of esters is 1. The first-order chi connectivity index (χ1) is 7.52. The summed E-state index contributed by atoms with van der Waals surface area (Å²) in [6.45, 7) is 9.41. The molecule has 0 rings (SSSR count). The fraction of sp³-hybridized carbons (Fsp3) is 0.917. The van der Waals surface area contributed by atoms with Gasteiger partial charge in [-0.3, -0.25) is 4.79 Å². The van der Waals surface area contributed by atoms with Gasteiger partial charge in [0, 0.05) is 13.2 Å². The normalized spacial score (nSPS) is 14.9. The van der Waals surface area contributed by atoms with E-state index in [0.29, 0.717) is 32.2 Å². The number of nitrogens with two attached hydrogens (primary N) is 1. The third-order valence-electron chi connectivity index (χ3n) is 2.48. The fourth-order valence-corrected chi connectivity index (χ4v) is 1.79. The summed E-state index contributed by atoms with van der Waals surface area (Å²) >= 11 is 0. The van der Waals surface area contributed by atoms with Gasteiger partial charge in [-0.2, -0.15) is 0 Å². The first-order valence-electron chi connectivity index (χ1n) is 5.97. The lowest BCUT2D eigenvalue weighted by molar-refractivity contribution is -0.160. The van der Waals surface area contributed by atoms with Gasteiger partial charge in [0.25, 0.3) is 0 Å². The van der Waals surface area contributed by atoms with Crippen LogP contribution < -0.4 is 5.73 Å². The molecule has 0 spiro atoms. The van der Waals surface area contributed by atoms with E-state index < -0.39 is 5.41 Å². The Hall–Kier alpha value is -0.610. The van der Waals surface area contributed by atoms with Gasteiger partial charge in [0.2, 0.25) is 0 Å². The van der Waals surface area contributed by atoms with E-state index >= 15 is 0 Å². The monoisotopic (exact) mass is 231 g/mol. The van der Waals surface area contributed by atoms with Crippen LogP contribution in [0.1, 0.15) is 34.1 Å². The van der Waals surface area contributed by atoms with Crippen molar-refractivity contribution in [1.29, 1.82) is 0 Å². The lowest BCUT2D eigenvalue weighted by atomic mass is 9.80. The van der Waals surface area contributed by atoms with Crippen LogP contribution in [0.3, 0.4) is 0 Å². The van der Waals surface area contributed by atoms with Crippen LogP contribution in [0.4, 0.5) is 0 Å². The Bertz CT molecular complexity index is 206. The third kappa shape index (κ3) is 4.49. The van der Waals surface area contributed by atoms with E-state index in [1.165, 1.54) is 0 Å². The first-order valence-corrected chi connectivity index (χ1v) is 5.97.